The van der Waals surface area contributed by atoms with Crippen molar-refractivity contribution in [1.29, 1.82) is 0 Å². The van der Waals surface area contributed by atoms with Crippen molar-refractivity contribution >= 4 is 23.7 Å². The van der Waals surface area contributed by atoms with Gasteiger partial charge in [-0.15, -0.1) is 0 Å². The van der Waals surface area contributed by atoms with E-state index in [4.69, 9.17) is 9.47 Å². The second-order valence-electron chi connectivity index (χ2n) is 7.39. The standard InChI is InChI=1S/C24H22N4O4S/c1-27-15-17(13-25-27)11-23(29)31-19-3-7-21(8-4-19)33-22-9-5-20(6-10-22)32-24(30)12-18-14-26-28(2)16-18/h3-10,13-16H,11-12H2,1-2H3. The van der Waals surface area contributed by atoms with Gasteiger partial charge in [0.25, 0.3) is 0 Å². The average molecular weight is 463 g/mol. The van der Waals surface area contributed by atoms with E-state index in [2.05, 4.69) is 10.2 Å². The van der Waals surface area contributed by atoms with Crippen molar-refractivity contribution < 1.29 is 19.1 Å². The van der Waals surface area contributed by atoms with E-state index in [1.807, 2.05) is 24.3 Å². The van der Waals surface area contributed by atoms with Crippen LogP contribution in [0.1, 0.15) is 11.1 Å². The third-order valence-corrected chi connectivity index (χ3v) is 5.58. The Morgan fingerprint density at radius 2 is 1.12 bits per heavy atom. The minimum absolute atomic E-state index is 0.170. The number of esters is 2. The summed E-state index contributed by atoms with van der Waals surface area (Å²) in [6.45, 7) is 0. The van der Waals surface area contributed by atoms with Crippen molar-refractivity contribution in [2.75, 3.05) is 0 Å². The number of ether oxygens (including phenoxy) is 2. The van der Waals surface area contributed by atoms with Crippen LogP contribution in [0.4, 0.5) is 0 Å². The van der Waals surface area contributed by atoms with Crippen molar-refractivity contribution in [3.8, 4) is 11.5 Å². The molecule has 0 aliphatic heterocycles. The van der Waals surface area contributed by atoms with E-state index in [0.29, 0.717) is 11.5 Å². The maximum absolute atomic E-state index is 12.1. The summed E-state index contributed by atoms with van der Waals surface area (Å²) in [7, 11) is 3.60. The third-order valence-electron chi connectivity index (χ3n) is 4.56. The molecule has 4 rings (SSSR count). The van der Waals surface area contributed by atoms with Crippen LogP contribution in [0.3, 0.4) is 0 Å². The van der Waals surface area contributed by atoms with Crippen LogP contribution in [-0.4, -0.2) is 31.5 Å². The lowest BCUT2D eigenvalue weighted by Gasteiger charge is -2.07. The highest BCUT2D eigenvalue weighted by Crippen LogP contribution is 2.30. The highest BCUT2D eigenvalue weighted by Gasteiger charge is 2.10. The lowest BCUT2D eigenvalue weighted by molar-refractivity contribution is -0.134. The van der Waals surface area contributed by atoms with Crippen LogP contribution in [0.2, 0.25) is 0 Å². The van der Waals surface area contributed by atoms with Crippen LogP contribution in [0.5, 0.6) is 11.5 Å². The first-order valence-corrected chi connectivity index (χ1v) is 11.0. The maximum atomic E-state index is 12.1. The molecule has 0 saturated carbocycles. The molecule has 0 aliphatic carbocycles. The highest BCUT2D eigenvalue weighted by molar-refractivity contribution is 7.99. The Morgan fingerprint density at radius 3 is 1.45 bits per heavy atom. The van der Waals surface area contributed by atoms with Gasteiger partial charge in [-0.05, 0) is 48.5 Å². The van der Waals surface area contributed by atoms with E-state index in [9.17, 15) is 9.59 Å². The van der Waals surface area contributed by atoms with Crippen LogP contribution < -0.4 is 9.47 Å². The van der Waals surface area contributed by atoms with Gasteiger partial charge in [0.05, 0.1) is 25.2 Å². The molecular formula is C24H22N4O4S. The summed E-state index contributed by atoms with van der Waals surface area (Å²) in [6, 6.07) is 14.6. The first-order chi connectivity index (χ1) is 15.9. The molecule has 0 saturated heterocycles. The zero-order valence-electron chi connectivity index (χ0n) is 18.2. The molecule has 2 aromatic heterocycles. The van der Waals surface area contributed by atoms with Gasteiger partial charge < -0.3 is 9.47 Å². The van der Waals surface area contributed by atoms with Gasteiger partial charge in [-0.3, -0.25) is 19.0 Å². The molecule has 0 fully saturated rings. The fraction of sp³-hybridized carbons (Fsp3) is 0.167. The van der Waals surface area contributed by atoms with Crippen LogP contribution in [0, 0.1) is 0 Å². The topological polar surface area (TPSA) is 88.2 Å². The van der Waals surface area contributed by atoms with Crippen LogP contribution in [0.15, 0.2) is 83.1 Å². The number of aryl methyl sites for hydroxylation is 2. The van der Waals surface area contributed by atoms with Crippen LogP contribution in [-0.2, 0) is 36.5 Å². The Kier molecular flexibility index (Phi) is 6.89. The van der Waals surface area contributed by atoms with E-state index in [-0.39, 0.29) is 24.8 Å². The summed E-state index contributed by atoms with van der Waals surface area (Å²) in [4.78, 5) is 26.1. The molecule has 0 radical (unpaired) electrons. The number of carbonyl (C=O) groups excluding carboxylic acids is 2. The van der Waals surface area contributed by atoms with Gasteiger partial charge in [-0.25, -0.2) is 0 Å². The third kappa shape index (κ3) is 6.56. The maximum Gasteiger partial charge on any atom is 0.315 e. The molecule has 0 atom stereocenters. The number of hydrogen-bond acceptors (Lipinski definition) is 7. The molecular weight excluding hydrogens is 440 g/mol. The summed E-state index contributed by atoms with van der Waals surface area (Å²) >= 11 is 1.55. The molecule has 33 heavy (non-hydrogen) atoms. The summed E-state index contributed by atoms with van der Waals surface area (Å²) in [5.74, 6) is 0.308. The monoisotopic (exact) mass is 462 g/mol. The number of hydrogen-bond donors (Lipinski definition) is 0. The number of rotatable bonds is 8. The predicted octanol–water partition coefficient (Wildman–Crippen LogP) is 3.60. The zero-order chi connectivity index (χ0) is 23.2. The minimum Gasteiger partial charge on any atom is -0.426 e. The molecule has 0 amide bonds. The SMILES string of the molecule is Cn1cc(CC(=O)Oc2ccc(Sc3ccc(OC(=O)Cc4cnn(C)c4)cc3)cc2)cn1. The van der Waals surface area contributed by atoms with Gasteiger partial charge in [-0.2, -0.15) is 10.2 Å². The molecule has 4 aromatic rings. The molecule has 2 heterocycles. The molecule has 0 spiro atoms. The second-order valence-corrected chi connectivity index (χ2v) is 8.54. The van der Waals surface area contributed by atoms with Crippen LogP contribution in [0.25, 0.3) is 0 Å². The Bertz CT molecular complexity index is 1150. The molecule has 0 bridgehead atoms. The molecule has 0 unspecified atom stereocenters. The van der Waals surface area contributed by atoms with E-state index >= 15 is 0 Å². The molecule has 0 aliphatic rings. The summed E-state index contributed by atoms with van der Waals surface area (Å²) in [6.07, 6.45) is 7.21. The number of benzene rings is 2. The molecule has 168 valence electrons. The minimum atomic E-state index is -0.336. The number of nitrogens with zero attached hydrogens (tertiary/aromatic N) is 4. The van der Waals surface area contributed by atoms with Crippen molar-refractivity contribution in [2.45, 2.75) is 22.6 Å². The number of carbonyl (C=O) groups is 2. The Labute approximate surface area is 195 Å². The molecule has 0 N–H and O–H groups in total. The first-order valence-electron chi connectivity index (χ1n) is 10.2. The normalized spacial score (nSPS) is 10.7. The smallest absolute Gasteiger partial charge is 0.315 e. The summed E-state index contributed by atoms with van der Waals surface area (Å²) < 4.78 is 14.1. The largest absolute Gasteiger partial charge is 0.426 e. The van der Waals surface area contributed by atoms with E-state index < -0.39 is 0 Å². The molecule has 8 nitrogen and oxygen atoms in total. The first kappa shape index (κ1) is 22.3. The van der Waals surface area contributed by atoms with Gasteiger partial charge in [0.1, 0.15) is 11.5 Å². The fourth-order valence-corrected chi connectivity index (χ4v) is 3.90. The van der Waals surface area contributed by atoms with Crippen molar-refractivity contribution in [1.82, 2.24) is 19.6 Å². The second kappa shape index (κ2) is 10.2. The van der Waals surface area contributed by atoms with Gasteiger partial charge in [0, 0.05) is 47.4 Å². The Balaban J connectivity index is 1.27. The summed E-state index contributed by atoms with van der Waals surface area (Å²) in [5, 5.41) is 8.09. The molecule has 2 aromatic carbocycles. The lowest BCUT2D eigenvalue weighted by Crippen LogP contribution is -2.10. The fourth-order valence-electron chi connectivity index (χ4n) is 3.08. The molecule has 9 heteroatoms. The van der Waals surface area contributed by atoms with Crippen molar-refractivity contribution in [3.05, 3.63) is 84.4 Å². The van der Waals surface area contributed by atoms with Crippen molar-refractivity contribution in [2.24, 2.45) is 14.1 Å². The van der Waals surface area contributed by atoms with E-state index in [1.165, 1.54) is 0 Å². The van der Waals surface area contributed by atoms with Gasteiger partial charge >= 0.3 is 11.9 Å². The van der Waals surface area contributed by atoms with Crippen LogP contribution >= 0.6 is 11.8 Å². The Hall–Kier alpha value is -3.85. The lowest BCUT2D eigenvalue weighted by atomic mass is 10.2. The van der Waals surface area contributed by atoms with E-state index in [0.717, 1.165) is 20.9 Å². The number of aromatic nitrogens is 4. The zero-order valence-corrected chi connectivity index (χ0v) is 19.0. The summed E-state index contributed by atoms with van der Waals surface area (Å²) in [5.41, 5.74) is 1.61. The predicted molar refractivity (Wildman–Crippen MR) is 122 cm³/mol. The van der Waals surface area contributed by atoms with Gasteiger partial charge in [0.2, 0.25) is 0 Å². The van der Waals surface area contributed by atoms with Gasteiger partial charge in [-0.1, -0.05) is 11.8 Å². The van der Waals surface area contributed by atoms with Crippen molar-refractivity contribution in [3.63, 3.8) is 0 Å². The van der Waals surface area contributed by atoms with Gasteiger partial charge in [0.15, 0.2) is 0 Å². The average Bonchev–Trinajstić information content (AvgIpc) is 3.38. The Morgan fingerprint density at radius 1 is 0.727 bits per heavy atom. The highest BCUT2D eigenvalue weighted by atomic mass is 32.2. The van der Waals surface area contributed by atoms with E-state index in [1.54, 1.807) is 84.3 Å². The quantitative estimate of drug-likeness (QED) is 0.292.